The molecule has 4 heteroatoms. The van der Waals surface area contributed by atoms with E-state index in [4.69, 9.17) is 10.8 Å². The van der Waals surface area contributed by atoms with Crippen molar-refractivity contribution in [2.24, 2.45) is 11.7 Å². The number of nitrogens with two attached hydrogens (primary N) is 1. The van der Waals surface area contributed by atoms with Crippen LogP contribution in [-0.2, 0) is 4.79 Å². The van der Waals surface area contributed by atoms with Crippen molar-refractivity contribution in [2.45, 2.75) is 31.7 Å². The molecule has 0 unspecified atom stereocenters. The quantitative estimate of drug-likeness (QED) is 0.585. The van der Waals surface area contributed by atoms with Gasteiger partial charge in [-0.2, -0.15) is 0 Å². The summed E-state index contributed by atoms with van der Waals surface area (Å²) in [5, 5.41) is 11.9. The average molecular weight is 186 g/mol. The van der Waals surface area contributed by atoms with E-state index in [0.29, 0.717) is 12.3 Å². The van der Waals surface area contributed by atoms with Gasteiger partial charge in [-0.1, -0.05) is 0 Å². The van der Waals surface area contributed by atoms with Crippen LogP contribution in [0.25, 0.3) is 0 Å². The highest BCUT2D eigenvalue weighted by Crippen LogP contribution is 2.18. The second-order valence-electron chi connectivity index (χ2n) is 3.72. The minimum absolute atomic E-state index is 0.611. The summed E-state index contributed by atoms with van der Waals surface area (Å²) < 4.78 is 0. The summed E-state index contributed by atoms with van der Waals surface area (Å²) in [6.07, 6.45) is 3.88. The maximum Gasteiger partial charge on any atom is 0.320 e. The highest BCUT2D eigenvalue weighted by Gasteiger charge is 2.17. The average Bonchev–Trinajstić information content (AvgIpc) is 2.15. The maximum absolute atomic E-state index is 10.4. The molecule has 0 radical (unpaired) electrons. The van der Waals surface area contributed by atoms with Crippen molar-refractivity contribution in [1.29, 1.82) is 0 Å². The molecular weight excluding hydrogens is 168 g/mol. The van der Waals surface area contributed by atoms with E-state index in [-0.39, 0.29) is 0 Å². The number of carbonyl (C=O) groups is 1. The highest BCUT2D eigenvalue weighted by molar-refractivity contribution is 5.72. The van der Waals surface area contributed by atoms with Crippen LogP contribution >= 0.6 is 0 Å². The zero-order valence-corrected chi connectivity index (χ0v) is 7.83. The molecule has 0 bridgehead atoms. The Hall–Kier alpha value is -0.610. The first-order valence-electron chi connectivity index (χ1n) is 4.89. The van der Waals surface area contributed by atoms with Gasteiger partial charge in [0.2, 0.25) is 0 Å². The normalized spacial score (nSPS) is 21.3. The summed E-state index contributed by atoms with van der Waals surface area (Å²) in [6, 6.07) is -0.671. The van der Waals surface area contributed by atoms with Crippen molar-refractivity contribution < 1.29 is 9.90 Å². The predicted molar refractivity (Wildman–Crippen MR) is 50.4 cm³/mol. The van der Waals surface area contributed by atoms with E-state index >= 15 is 0 Å². The summed E-state index contributed by atoms with van der Waals surface area (Å²) in [5.74, 6) is -0.208. The molecular formula is C9H18N2O2. The van der Waals surface area contributed by atoms with Gasteiger partial charge in [0.1, 0.15) is 6.04 Å². The third kappa shape index (κ3) is 3.74. The summed E-state index contributed by atoms with van der Waals surface area (Å²) >= 11 is 0. The summed E-state index contributed by atoms with van der Waals surface area (Å²) in [4.78, 5) is 10.4. The minimum Gasteiger partial charge on any atom is -0.480 e. The van der Waals surface area contributed by atoms with Crippen molar-refractivity contribution in [3.63, 3.8) is 0 Å². The lowest BCUT2D eigenvalue weighted by atomic mass is 9.91. The van der Waals surface area contributed by atoms with Crippen LogP contribution in [0.15, 0.2) is 0 Å². The van der Waals surface area contributed by atoms with E-state index in [1.165, 1.54) is 0 Å². The third-order valence-electron chi connectivity index (χ3n) is 2.66. The molecule has 0 spiro atoms. The van der Waals surface area contributed by atoms with Gasteiger partial charge in [-0.3, -0.25) is 4.79 Å². The molecule has 4 nitrogen and oxygen atoms in total. The largest absolute Gasteiger partial charge is 0.480 e. The maximum atomic E-state index is 10.4. The molecule has 0 aromatic heterocycles. The molecule has 1 atom stereocenters. The lowest BCUT2D eigenvalue weighted by molar-refractivity contribution is -0.138. The second kappa shape index (κ2) is 5.19. The predicted octanol–water partition coefficient (Wildman–Crippen LogP) is 0.178. The molecule has 1 saturated heterocycles. The first-order chi connectivity index (χ1) is 6.20. The fourth-order valence-corrected chi connectivity index (χ4v) is 1.71. The van der Waals surface area contributed by atoms with Gasteiger partial charge < -0.3 is 16.2 Å². The zero-order valence-electron chi connectivity index (χ0n) is 7.83. The first kappa shape index (κ1) is 10.5. The zero-order chi connectivity index (χ0) is 9.68. The lowest BCUT2D eigenvalue weighted by Gasteiger charge is -2.22. The van der Waals surface area contributed by atoms with Crippen LogP contribution < -0.4 is 11.1 Å². The molecule has 1 aliphatic heterocycles. The number of piperidine rings is 1. The molecule has 1 heterocycles. The Morgan fingerprint density at radius 3 is 2.69 bits per heavy atom. The van der Waals surface area contributed by atoms with E-state index < -0.39 is 12.0 Å². The van der Waals surface area contributed by atoms with Crippen molar-refractivity contribution in [3.8, 4) is 0 Å². The summed E-state index contributed by atoms with van der Waals surface area (Å²) in [6.45, 7) is 2.12. The standard InChI is InChI=1S/C9H18N2O2/c10-8(9(12)13)2-1-7-3-5-11-6-4-7/h7-8,11H,1-6,10H2,(H,12,13)/t8-/m1/s1. The molecule has 0 amide bonds. The molecule has 0 aromatic rings. The van der Waals surface area contributed by atoms with Crippen molar-refractivity contribution in [1.82, 2.24) is 5.32 Å². The molecule has 1 aliphatic rings. The monoisotopic (exact) mass is 186 g/mol. The Bertz CT molecular complexity index is 167. The van der Waals surface area contributed by atoms with Gasteiger partial charge in [0.25, 0.3) is 0 Å². The number of carboxylic acid groups (broad SMARTS) is 1. The van der Waals surface area contributed by atoms with E-state index in [9.17, 15) is 4.79 Å². The number of rotatable bonds is 4. The Morgan fingerprint density at radius 1 is 1.54 bits per heavy atom. The highest BCUT2D eigenvalue weighted by atomic mass is 16.4. The van der Waals surface area contributed by atoms with Crippen molar-refractivity contribution in [2.75, 3.05) is 13.1 Å². The number of aliphatic carboxylic acids is 1. The van der Waals surface area contributed by atoms with Crippen LogP contribution in [0, 0.1) is 5.92 Å². The third-order valence-corrected chi connectivity index (χ3v) is 2.66. The van der Waals surface area contributed by atoms with Gasteiger partial charge in [-0.25, -0.2) is 0 Å². The van der Waals surface area contributed by atoms with Crippen molar-refractivity contribution in [3.05, 3.63) is 0 Å². The van der Waals surface area contributed by atoms with Crippen LogP contribution in [0.1, 0.15) is 25.7 Å². The molecule has 13 heavy (non-hydrogen) atoms. The van der Waals surface area contributed by atoms with Crippen molar-refractivity contribution >= 4 is 5.97 Å². The van der Waals surface area contributed by atoms with Gasteiger partial charge in [0, 0.05) is 0 Å². The fraction of sp³-hybridized carbons (Fsp3) is 0.889. The van der Waals surface area contributed by atoms with Crippen LogP contribution in [0.4, 0.5) is 0 Å². The van der Waals surface area contributed by atoms with Crippen LogP contribution in [0.3, 0.4) is 0 Å². The Labute approximate surface area is 78.5 Å². The van der Waals surface area contributed by atoms with Crippen LogP contribution in [0.5, 0.6) is 0 Å². The molecule has 1 rings (SSSR count). The topological polar surface area (TPSA) is 75.3 Å². The van der Waals surface area contributed by atoms with E-state index in [0.717, 1.165) is 32.4 Å². The Balaban J connectivity index is 2.13. The molecule has 1 fully saturated rings. The fourth-order valence-electron chi connectivity index (χ4n) is 1.71. The molecule has 0 aliphatic carbocycles. The number of hydrogen-bond donors (Lipinski definition) is 3. The number of nitrogens with one attached hydrogen (secondary N) is 1. The minimum atomic E-state index is -0.881. The Morgan fingerprint density at radius 2 is 2.15 bits per heavy atom. The second-order valence-corrected chi connectivity index (χ2v) is 3.72. The van der Waals surface area contributed by atoms with E-state index in [1.807, 2.05) is 0 Å². The van der Waals surface area contributed by atoms with E-state index in [2.05, 4.69) is 5.32 Å². The van der Waals surface area contributed by atoms with Crippen LogP contribution in [0.2, 0.25) is 0 Å². The van der Waals surface area contributed by atoms with Gasteiger partial charge in [0.05, 0.1) is 0 Å². The van der Waals surface area contributed by atoms with Gasteiger partial charge in [-0.15, -0.1) is 0 Å². The molecule has 4 N–H and O–H groups in total. The lowest BCUT2D eigenvalue weighted by Crippen LogP contribution is -2.32. The molecule has 0 saturated carbocycles. The number of carboxylic acids is 1. The van der Waals surface area contributed by atoms with E-state index in [1.54, 1.807) is 0 Å². The molecule has 76 valence electrons. The summed E-state index contributed by atoms with van der Waals surface area (Å²) in [7, 11) is 0. The Kier molecular flexibility index (Phi) is 4.18. The molecule has 0 aromatic carbocycles. The van der Waals surface area contributed by atoms with Gasteiger partial charge in [0.15, 0.2) is 0 Å². The van der Waals surface area contributed by atoms with Crippen LogP contribution in [-0.4, -0.2) is 30.2 Å². The smallest absolute Gasteiger partial charge is 0.320 e. The SMILES string of the molecule is N[C@H](CCC1CCNCC1)C(=O)O. The van der Waals surface area contributed by atoms with Gasteiger partial charge >= 0.3 is 5.97 Å². The first-order valence-corrected chi connectivity index (χ1v) is 4.89. The summed E-state index contributed by atoms with van der Waals surface area (Å²) in [5.41, 5.74) is 5.42. The number of hydrogen-bond acceptors (Lipinski definition) is 3. The van der Waals surface area contributed by atoms with Gasteiger partial charge in [-0.05, 0) is 44.7 Å².